The van der Waals surface area contributed by atoms with Crippen molar-refractivity contribution in [3.8, 4) is 0 Å². The Morgan fingerprint density at radius 2 is 2.32 bits per heavy atom. The summed E-state index contributed by atoms with van der Waals surface area (Å²) >= 11 is 1.25. The number of aromatic nitrogens is 2. The Kier molecular flexibility index (Phi) is 4.29. The molecule has 0 radical (unpaired) electrons. The van der Waals surface area contributed by atoms with Crippen LogP contribution in [0.2, 0.25) is 0 Å². The topological polar surface area (TPSA) is 87.2 Å². The first-order valence-electron chi connectivity index (χ1n) is 6.93. The molecule has 0 saturated carbocycles. The number of urea groups is 1. The van der Waals surface area contributed by atoms with E-state index < -0.39 is 0 Å². The van der Waals surface area contributed by atoms with Crippen molar-refractivity contribution >= 4 is 34.1 Å². The molecule has 1 fully saturated rings. The summed E-state index contributed by atoms with van der Waals surface area (Å²) in [4.78, 5) is 25.3. The van der Waals surface area contributed by atoms with Crippen molar-refractivity contribution < 1.29 is 9.59 Å². The number of rotatable bonds is 4. The zero-order chi connectivity index (χ0) is 15.4. The van der Waals surface area contributed by atoms with E-state index in [-0.39, 0.29) is 11.9 Å². The summed E-state index contributed by atoms with van der Waals surface area (Å²) in [6.07, 6.45) is 1.50. The fraction of sp³-hybridized carbons (Fsp3) is 0.286. The van der Waals surface area contributed by atoms with Crippen molar-refractivity contribution in [1.29, 1.82) is 0 Å². The molecular formula is C14H15N5O2S. The Balaban J connectivity index is 1.58. The van der Waals surface area contributed by atoms with Crippen LogP contribution in [0.5, 0.6) is 0 Å². The van der Waals surface area contributed by atoms with Crippen molar-refractivity contribution in [2.75, 3.05) is 16.8 Å². The smallest absolute Gasteiger partial charge is 0.321 e. The summed E-state index contributed by atoms with van der Waals surface area (Å²) in [5, 5.41) is 13.2. The maximum atomic E-state index is 11.8. The van der Waals surface area contributed by atoms with E-state index >= 15 is 0 Å². The summed E-state index contributed by atoms with van der Waals surface area (Å²) in [5.74, 6) is 0.152. The van der Waals surface area contributed by atoms with Gasteiger partial charge in [-0.1, -0.05) is 23.5 Å². The minimum Gasteiger partial charge on any atom is -0.334 e. The van der Waals surface area contributed by atoms with Gasteiger partial charge in [0.25, 0.3) is 0 Å². The molecule has 1 aliphatic rings. The highest BCUT2D eigenvalue weighted by atomic mass is 32.1. The Morgan fingerprint density at radius 3 is 3.05 bits per heavy atom. The van der Waals surface area contributed by atoms with Gasteiger partial charge in [0.05, 0.1) is 0 Å². The van der Waals surface area contributed by atoms with E-state index in [1.165, 1.54) is 11.3 Å². The number of anilines is 2. The lowest BCUT2D eigenvalue weighted by atomic mass is 10.2. The molecule has 3 rings (SSSR count). The molecule has 0 atom stereocenters. The SMILES string of the molecule is O=C(NCc1cccc(N2CCCC2=O)c1)Nc1nncs1. The van der Waals surface area contributed by atoms with Gasteiger partial charge in [0, 0.05) is 25.2 Å². The van der Waals surface area contributed by atoms with Crippen LogP contribution in [-0.4, -0.2) is 28.7 Å². The van der Waals surface area contributed by atoms with Gasteiger partial charge in [0.15, 0.2) is 0 Å². The second kappa shape index (κ2) is 6.52. The van der Waals surface area contributed by atoms with Gasteiger partial charge in [-0.25, -0.2) is 4.79 Å². The fourth-order valence-electron chi connectivity index (χ4n) is 2.31. The van der Waals surface area contributed by atoms with E-state index in [4.69, 9.17) is 0 Å². The largest absolute Gasteiger partial charge is 0.334 e. The molecule has 114 valence electrons. The molecule has 0 spiro atoms. The van der Waals surface area contributed by atoms with Crippen LogP contribution in [0.25, 0.3) is 0 Å². The molecule has 8 heteroatoms. The molecule has 2 aromatic rings. The van der Waals surface area contributed by atoms with Crippen LogP contribution in [0.3, 0.4) is 0 Å². The summed E-state index contributed by atoms with van der Waals surface area (Å²) in [7, 11) is 0. The first-order valence-corrected chi connectivity index (χ1v) is 7.81. The average molecular weight is 317 g/mol. The third kappa shape index (κ3) is 3.40. The number of hydrogen-bond acceptors (Lipinski definition) is 5. The lowest BCUT2D eigenvalue weighted by Crippen LogP contribution is -2.28. The van der Waals surface area contributed by atoms with E-state index in [0.717, 1.165) is 24.2 Å². The molecule has 0 unspecified atom stereocenters. The van der Waals surface area contributed by atoms with Crippen LogP contribution in [0.15, 0.2) is 29.8 Å². The number of carbonyl (C=O) groups is 2. The second-order valence-corrected chi connectivity index (χ2v) is 5.70. The van der Waals surface area contributed by atoms with E-state index in [2.05, 4.69) is 20.8 Å². The molecule has 22 heavy (non-hydrogen) atoms. The summed E-state index contributed by atoms with van der Waals surface area (Å²) in [6.45, 7) is 1.13. The van der Waals surface area contributed by atoms with Gasteiger partial charge in [0.1, 0.15) is 5.51 Å². The van der Waals surface area contributed by atoms with Crippen molar-refractivity contribution in [1.82, 2.24) is 15.5 Å². The number of nitrogens with zero attached hydrogens (tertiary/aromatic N) is 3. The average Bonchev–Trinajstić information content (AvgIpc) is 3.17. The number of hydrogen-bond donors (Lipinski definition) is 2. The lowest BCUT2D eigenvalue weighted by molar-refractivity contribution is -0.117. The standard InChI is InChI=1S/C14H15N5O2S/c20-12-5-2-6-19(12)11-4-1-3-10(7-11)8-15-13(21)17-14-18-16-9-22-14/h1,3-4,7,9H,2,5-6,8H2,(H2,15,17,18,21). The van der Waals surface area contributed by atoms with Crippen LogP contribution < -0.4 is 15.5 Å². The second-order valence-electron chi connectivity index (χ2n) is 4.87. The summed E-state index contributed by atoms with van der Waals surface area (Å²) in [5.41, 5.74) is 3.36. The van der Waals surface area contributed by atoms with E-state index in [9.17, 15) is 9.59 Å². The van der Waals surface area contributed by atoms with Crippen LogP contribution >= 0.6 is 11.3 Å². The van der Waals surface area contributed by atoms with Crippen molar-refractivity contribution in [2.45, 2.75) is 19.4 Å². The van der Waals surface area contributed by atoms with Crippen LogP contribution in [0, 0.1) is 0 Å². The van der Waals surface area contributed by atoms with Crippen molar-refractivity contribution in [3.63, 3.8) is 0 Å². The Labute approximate surface area is 131 Å². The molecule has 1 aromatic carbocycles. The predicted octanol–water partition coefficient (Wildman–Crippen LogP) is 1.99. The first kappa shape index (κ1) is 14.5. The quantitative estimate of drug-likeness (QED) is 0.902. The number of nitrogens with one attached hydrogen (secondary N) is 2. The van der Waals surface area contributed by atoms with E-state index in [1.54, 1.807) is 10.4 Å². The first-order chi connectivity index (χ1) is 10.7. The monoisotopic (exact) mass is 317 g/mol. The minimum absolute atomic E-state index is 0.152. The predicted molar refractivity (Wildman–Crippen MR) is 83.8 cm³/mol. The van der Waals surface area contributed by atoms with Crippen LogP contribution in [0.1, 0.15) is 18.4 Å². The zero-order valence-electron chi connectivity index (χ0n) is 11.8. The van der Waals surface area contributed by atoms with Crippen molar-refractivity contribution in [2.24, 2.45) is 0 Å². The Morgan fingerprint density at radius 1 is 1.41 bits per heavy atom. The highest BCUT2D eigenvalue weighted by Gasteiger charge is 2.21. The number of amides is 3. The molecule has 2 N–H and O–H groups in total. The van der Waals surface area contributed by atoms with Crippen molar-refractivity contribution in [3.05, 3.63) is 35.3 Å². The molecular weight excluding hydrogens is 302 g/mol. The molecule has 3 amide bonds. The van der Waals surface area contributed by atoms with Gasteiger partial charge in [-0.3, -0.25) is 10.1 Å². The van der Waals surface area contributed by atoms with Gasteiger partial charge in [0.2, 0.25) is 11.0 Å². The normalized spacial score (nSPS) is 14.2. The number of carbonyl (C=O) groups excluding carboxylic acids is 2. The summed E-state index contributed by atoms with van der Waals surface area (Å²) in [6, 6.07) is 7.30. The minimum atomic E-state index is -0.334. The molecule has 1 aromatic heterocycles. The van der Waals surface area contributed by atoms with E-state index in [1.807, 2.05) is 24.3 Å². The third-order valence-corrected chi connectivity index (χ3v) is 3.94. The summed E-state index contributed by atoms with van der Waals surface area (Å²) < 4.78 is 0. The van der Waals surface area contributed by atoms with Gasteiger partial charge >= 0.3 is 6.03 Å². The molecule has 0 bridgehead atoms. The van der Waals surface area contributed by atoms with Gasteiger partial charge in [-0.15, -0.1) is 10.2 Å². The molecule has 1 saturated heterocycles. The Bertz CT molecular complexity index is 674. The molecule has 0 aliphatic carbocycles. The third-order valence-electron chi connectivity index (χ3n) is 3.33. The molecule has 2 heterocycles. The number of benzene rings is 1. The molecule has 1 aliphatic heterocycles. The van der Waals surface area contributed by atoms with Crippen LogP contribution in [-0.2, 0) is 11.3 Å². The van der Waals surface area contributed by atoms with E-state index in [0.29, 0.717) is 18.1 Å². The highest BCUT2D eigenvalue weighted by Crippen LogP contribution is 2.22. The maximum absolute atomic E-state index is 11.8. The fourth-order valence-corrected chi connectivity index (χ4v) is 2.75. The maximum Gasteiger partial charge on any atom is 0.321 e. The highest BCUT2D eigenvalue weighted by molar-refractivity contribution is 7.13. The Hall–Kier alpha value is -2.48. The van der Waals surface area contributed by atoms with Gasteiger partial charge < -0.3 is 10.2 Å². The van der Waals surface area contributed by atoms with Crippen LogP contribution in [0.4, 0.5) is 15.6 Å². The lowest BCUT2D eigenvalue weighted by Gasteiger charge is -2.16. The van der Waals surface area contributed by atoms with Gasteiger partial charge in [-0.05, 0) is 24.1 Å². The molecule has 7 nitrogen and oxygen atoms in total. The van der Waals surface area contributed by atoms with Gasteiger partial charge in [-0.2, -0.15) is 0 Å². The zero-order valence-corrected chi connectivity index (χ0v) is 12.6.